The Hall–Kier alpha value is -1.21. The zero-order valence-electron chi connectivity index (χ0n) is 13.3. The van der Waals surface area contributed by atoms with Crippen molar-refractivity contribution in [1.82, 2.24) is 16.0 Å². The van der Waals surface area contributed by atoms with Crippen molar-refractivity contribution in [3.8, 4) is 0 Å². The maximum atomic E-state index is 11.9. The predicted molar refractivity (Wildman–Crippen MR) is 94.9 cm³/mol. The molecule has 3 atom stereocenters. The summed E-state index contributed by atoms with van der Waals surface area (Å²) in [5.41, 5.74) is 0. The molecule has 0 aromatic carbocycles. The first kappa shape index (κ1) is 16.6. The number of hydrogen-bond acceptors (Lipinski definition) is 4. The number of aryl methyl sites for hydroxylation is 1. The van der Waals surface area contributed by atoms with Crippen molar-refractivity contribution in [3.63, 3.8) is 0 Å². The molecule has 7 heteroatoms. The van der Waals surface area contributed by atoms with Crippen molar-refractivity contribution in [3.05, 3.63) is 21.9 Å². The largest absolute Gasteiger partial charge is 0.351 e. The summed E-state index contributed by atoms with van der Waals surface area (Å²) in [5.74, 6) is 1.12. The summed E-state index contributed by atoms with van der Waals surface area (Å²) in [4.78, 5) is 25.7. The minimum Gasteiger partial charge on any atom is -0.351 e. The lowest BCUT2D eigenvalue weighted by atomic mass is 10.0. The van der Waals surface area contributed by atoms with E-state index in [1.807, 2.05) is 11.8 Å². The number of thioether (sulfide) groups is 1. The van der Waals surface area contributed by atoms with Gasteiger partial charge in [0.2, 0.25) is 5.91 Å². The molecule has 3 heterocycles. The zero-order chi connectivity index (χ0) is 16.2. The van der Waals surface area contributed by atoms with Gasteiger partial charge in [0, 0.05) is 27.2 Å². The third kappa shape index (κ3) is 4.41. The van der Waals surface area contributed by atoms with Gasteiger partial charge < -0.3 is 16.0 Å². The Labute approximate surface area is 145 Å². The number of unbranched alkanes of at least 4 members (excludes halogenated alkanes) is 1. The topological polar surface area (TPSA) is 70.2 Å². The molecule has 0 spiro atoms. The highest BCUT2D eigenvalue weighted by molar-refractivity contribution is 8.00. The monoisotopic (exact) mass is 353 g/mol. The molecule has 0 aliphatic carbocycles. The molecule has 3 N–H and O–H groups in total. The Morgan fingerprint density at radius 1 is 1.35 bits per heavy atom. The number of thiophene rings is 1. The molecule has 2 aliphatic rings. The molecular weight excluding hydrogens is 330 g/mol. The molecule has 1 aromatic rings. The summed E-state index contributed by atoms with van der Waals surface area (Å²) in [6, 6.07) is 4.67. The van der Waals surface area contributed by atoms with Gasteiger partial charge in [0.05, 0.1) is 18.6 Å². The van der Waals surface area contributed by atoms with Crippen LogP contribution in [0.4, 0.5) is 4.79 Å². The van der Waals surface area contributed by atoms with E-state index in [2.05, 4.69) is 35.0 Å². The summed E-state index contributed by atoms with van der Waals surface area (Å²) in [7, 11) is 0. The van der Waals surface area contributed by atoms with Gasteiger partial charge in [0.15, 0.2) is 0 Å². The Morgan fingerprint density at radius 2 is 2.22 bits per heavy atom. The lowest BCUT2D eigenvalue weighted by Crippen LogP contribution is -2.36. The predicted octanol–water partition coefficient (Wildman–Crippen LogP) is 2.40. The van der Waals surface area contributed by atoms with Crippen LogP contribution in [0.15, 0.2) is 12.1 Å². The van der Waals surface area contributed by atoms with Crippen molar-refractivity contribution < 1.29 is 9.59 Å². The van der Waals surface area contributed by atoms with Crippen molar-refractivity contribution in [2.75, 3.05) is 5.75 Å². The van der Waals surface area contributed by atoms with Crippen molar-refractivity contribution in [1.29, 1.82) is 0 Å². The molecule has 0 unspecified atom stereocenters. The highest BCUT2D eigenvalue weighted by Gasteiger charge is 2.42. The van der Waals surface area contributed by atoms with Crippen LogP contribution in [-0.4, -0.2) is 35.0 Å². The third-order valence-corrected chi connectivity index (χ3v) is 6.85. The van der Waals surface area contributed by atoms with Crippen LogP contribution >= 0.6 is 23.1 Å². The average molecular weight is 354 g/mol. The summed E-state index contributed by atoms with van der Waals surface area (Å²) < 4.78 is 0. The molecule has 0 radical (unpaired) electrons. The minimum atomic E-state index is -0.0338. The molecule has 0 bridgehead atoms. The van der Waals surface area contributed by atoms with Crippen molar-refractivity contribution in [2.24, 2.45) is 0 Å². The molecular formula is C16H23N3O2S2. The van der Waals surface area contributed by atoms with Gasteiger partial charge >= 0.3 is 6.03 Å². The van der Waals surface area contributed by atoms with E-state index >= 15 is 0 Å². The van der Waals surface area contributed by atoms with Crippen molar-refractivity contribution >= 4 is 35.0 Å². The van der Waals surface area contributed by atoms with Crippen LogP contribution in [0.25, 0.3) is 0 Å². The molecule has 23 heavy (non-hydrogen) atoms. The standard InChI is InChI=1S/C16H23N3O2S2/c1-10-6-7-11(23-10)8-17-14(20)5-3-2-4-13-15-12(9-22-13)18-16(21)19-15/h6-7,12-13,15H,2-5,8-9H2,1H3,(H,17,20)(H2,18,19,21)/t12-,13-,15-/m0/s1. The minimum absolute atomic E-state index is 0.0338. The first-order valence-corrected chi connectivity index (χ1v) is 9.99. The van der Waals surface area contributed by atoms with E-state index in [0.29, 0.717) is 18.2 Å². The maximum Gasteiger partial charge on any atom is 0.315 e. The summed E-state index contributed by atoms with van der Waals surface area (Å²) in [5, 5.41) is 9.43. The second kappa shape index (κ2) is 7.57. The van der Waals surface area contributed by atoms with Gasteiger partial charge in [-0.15, -0.1) is 11.3 Å². The molecule has 5 nitrogen and oxygen atoms in total. The Morgan fingerprint density at radius 3 is 3.00 bits per heavy atom. The van der Waals surface area contributed by atoms with Crippen LogP contribution in [0, 0.1) is 6.92 Å². The smallest absolute Gasteiger partial charge is 0.315 e. The number of carbonyl (C=O) groups is 2. The van der Waals surface area contributed by atoms with E-state index in [1.54, 1.807) is 11.3 Å². The summed E-state index contributed by atoms with van der Waals surface area (Å²) in [6.45, 7) is 2.71. The first-order valence-electron chi connectivity index (χ1n) is 8.12. The highest BCUT2D eigenvalue weighted by Crippen LogP contribution is 2.33. The fourth-order valence-electron chi connectivity index (χ4n) is 3.13. The van der Waals surface area contributed by atoms with Crippen LogP contribution < -0.4 is 16.0 Å². The molecule has 3 rings (SSSR count). The third-order valence-electron chi connectivity index (χ3n) is 4.34. The van der Waals surface area contributed by atoms with Gasteiger partial charge in [-0.2, -0.15) is 11.8 Å². The lowest BCUT2D eigenvalue weighted by Gasteiger charge is -2.16. The van der Waals surface area contributed by atoms with Crippen molar-refractivity contribution in [2.45, 2.75) is 56.5 Å². The molecule has 0 saturated carbocycles. The fourth-order valence-corrected chi connectivity index (χ4v) is 5.50. The quantitative estimate of drug-likeness (QED) is 0.521. The van der Waals surface area contributed by atoms with E-state index in [9.17, 15) is 9.59 Å². The normalized spacial score (nSPS) is 25.8. The van der Waals surface area contributed by atoms with Crippen LogP contribution in [0.3, 0.4) is 0 Å². The van der Waals surface area contributed by atoms with Gasteiger partial charge in [-0.25, -0.2) is 4.79 Å². The fraction of sp³-hybridized carbons (Fsp3) is 0.625. The van der Waals surface area contributed by atoms with Gasteiger partial charge in [-0.1, -0.05) is 6.42 Å². The number of nitrogens with one attached hydrogen (secondary N) is 3. The molecule has 2 aliphatic heterocycles. The van der Waals surface area contributed by atoms with Crippen LogP contribution in [0.1, 0.15) is 35.4 Å². The van der Waals surface area contributed by atoms with E-state index < -0.39 is 0 Å². The number of hydrogen-bond donors (Lipinski definition) is 3. The number of carbonyl (C=O) groups excluding carboxylic acids is 2. The molecule has 3 amide bonds. The SMILES string of the molecule is Cc1ccc(CNC(=O)CCCC[C@@H]2SC[C@@H]3NC(=O)N[C@@H]32)s1. The number of urea groups is 1. The lowest BCUT2D eigenvalue weighted by molar-refractivity contribution is -0.121. The van der Waals surface area contributed by atoms with Crippen LogP contribution in [0.5, 0.6) is 0 Å². The van der Waals surface area contributed by atoms with Crippen LogP contribution in [0.2, 0.25) is 0 Å². The summed E-state index contributed by atoms with van der Waals surface area (Å²) in [6.07, 6.45) is 3.58. The highest BCUT2D eigenvalue weighted by atomic mass is 32.2. The van der Waals surface area contributed by atoms with Crippen LogP contribution in [-0.2, 0) is 11.3 Å². The number of amides is 3. The van der Waals surface area contributed by atoms with E-state index in [4.69, 9.17) is 0 Å². The Kier molecular flexibility index (Phi) is 5.48. The van der Waals surface area contributed by atoms with Gasteiger partial charge in [-0.05, 0) is 31.9 Å². The van der Waals surface area contributed by atoms with Gasteiger partial charge in [0.1, 0.15) is 0 Å². The Balaban J connectivity index is 1.29. The summed E-state index contributed by atoms with van der Waals surface area (Å²) >= 11 is 3.65. The van der Waals surface area contributed by atoms with E-state index in [1.165, 1.54) is 9.75 Å². The van der Waals surface area contributed by atoms with E-state index in [-0.39, 0.29) is 24.0 Å². The molecule has 126 valence electrons. The molecule has 1 aromatic heterocycles. The maximum absolute atomic E-state index is 11.9. The number of rotatable bonds is 7. The zero-order valence-corrected chi connectivity index (χ0v) is 14.9. The first-order chi connectivity index (χ1) is 11.1. The second-order valence-electron chi connectivity index (χ2n) is 6.16. The van der Waals surface area contributed by atoms with Gasteiger partial charge in [-0.3, -0.25) is 4.79 Å². The molecule has 2 saturated heterocycles. The van der Waals surface area contributed by atoms with E-state index in [0.717, 1.165) is 25.0 Å². The Bertz CT molecular complexity index is 575. The average Bonchev–Trinajstić information content (AvgIpc) is 3.18. The second-order valence-corrected chi connectivity index (χ2v) is 8.80. The number of fused-ring (bicyclic) bond motifs is 1. The molecule has 2 fully saturated rings. The van der Waals surface area contributed by atoms with Gasteiger partial charge in [0.25, 0.3) is 0 Å².